The molecule has 0 bridgehead atoms. The number of aliphatic imine (C=N–C) groups is 1. The number of hydrogen-bond acceptors (Lipinski definition) is 7. The van der Waals surface area contributed by atoms with Crippen LogP contribution in [0.1, 0.15) is 12.5 Å². The average Bonchev–Trinajstić information content (AvgIpc) is 2.76. The first-order valence-corrected chi connectivity index (χ1v) is 6.94. The molecule has 8 nitrogen and oxygen atoms in total. The van der Waals surface area contributed by atoms with Crippen molar-refractivity contribution in [2.24, 2.45) is 10.1 Å². The summed E-state index contributed by atoms with van der Waals surface area (Å²) in [7, 11) is 0. The Bertz CT molecular complexity index is 812. The molecule has 0 fully saturated rings. The van der Waals surface area contributed by atoms with Gasteiger partial charge in [0.1, 0.15) is 11.4 Å². The van der Waals surface area contributed by atoms with Crippen LogP contribution in [0.5, 0.6) is 0 Å². The molecule has 1 amide bonds. The molecule has 0 saturated heterocycles. The lowest BCUT2D eigenvalue weighted by molar-refractivity contribution is -0.384. The number of nitrogens with zero attached hydrogens (tertiary/aromatic N) is 4. The normalized spacial score (nSPS) is 19.1. The van der Waals surface area contributed by atoms with Crippen molar-refractivity contribution in [3.63, 3.8) is 0 Å². The summed E-state index contributed by atoms with van der Waals surface area (Å²) in [5.74, 6) is -0.471. The van der Waals surface area contributed by atoms with Gasteiger partial charge in [-0.2, -0.15) is 10.1 Å². The van der Waals surface area contributed by atoms with Gasteiger partial charge in [0.2, 0.25) is 10.3 Å². The van der Waals surface area contributed by atoms with Crippen molar-refractivity contribution in [1.82, 2.24) is 5.01 Å². The van der Waals surface area contributed by atoms with Gasteiger partial charge in [0.15, 0.2) is 0 Å². The van der Waals surface area contributed by atoms with Gasteiger partial charge in [0.05, 0.1) is 4.92 Å². The zero-order valence-corrected chi connectivity index (χ0v) is 12.0. The molecule has 2 aliphatic heterocycles. The predicted octanol–water partition coefficient (Wildman–Crippen LogP) is 1.78. The molecule has 0 saturated carbocycles. The van der Waals surface area contributed by atoms with E-state index in [1.165, 1.54) is 31.2 Å². The number of hydrogen-bond donors (Lipinski definition) is 0. The van der Waals surface area contributed by atoms with E-state index >= 15 is 0 Å². The van der Waals surface area contributed by atoms with E-state index in [0.717, 1.165) is 16.8 Å². The molecule has 3 rings (SSSR count). The molecule has 110 valence electrons. The molecular weight excluding hydrogens is 308 g/mol. The summed E-state index contributed by atoms with van der Waals surface area (Å²) in [5, 5.41) is 15.6. The highest BCUT2D eigenvalue weighted by Crippen LogP contribution is 2.28. The summed E-state index contributed by atoms with van der Waals surface area (Å²) in [4.78, 5) is 38.0. The van der Waals surface area contributed by atoms with Crippen LogP contribution < -0.4 is 0 Å². The number of amidine groups is 1. The highest BCUT2D eigenvalue weighted by Gasteiger charge is 2.36. The Morgan fingerprint density at radius 1 is 1.36 bits per heavy atom. The predicted molar refractivity (Wildman–Crippen MR) is 81.1 cm³/mol. The first-order chi connectivity index (χ1) is 10.5. The molecule has 0 aliphatic carbocycles. The molecule has 22 heavy (non-hydrogen) atoms. The third-order valence-corrected chi connectivity index (χ3v) is 3.85. The van der Waals surface area contributed by atoms with Crippen LogP contribution in [0.25, 0.3) is 6.08 Å². The van der Waals surface area contributed by atoms with Crippen molar-refractivity contribution < 1.29 is 14.5 Å². The molecule has 2 heterocycles. The van der Waals surface area contributed by atoms with E-state index in [9.17, 15) is 19.7 Å². The van der Waals surface area contributed by atoms with Gasteiger partial charge >= 0.3 is 0 Å². The quantitative estimate of drug-likeness (QED) is 0.470. The Balaban J connectivity index is 1.97. The number of fused-ring (bicyclic) bond motifs is 1. The number of benzene rings is 1. The van der Waals surface area contributed by atoms with Crippen LogP contribution in [0.15, 0.2) is 40.1 Å². The smallest absolute Gasteiger partial charge is 0.280 e. The number of non-ortho nitro benzene ring substituents is 1. The number of nitro benzene ring substituents is 1. The summed E-state index contributed by atoms with van der Waals surface area (Å²) >= 11 is 0.828. The minimum absolute atomic E-state index is 0.0780. The van der Waals surface area contributed by atoms with E-state index in [1.807, 2.05) is 0 Å². The second-order valence-electron chi connectivity index (χ2n) is 4.47. The van der Waals surface area contributed by atoms with Crippen LogP contribution in [-0.4, -0.2) is 31.8 Å². The fourth-order valence-corrected chi connectivity index (χ4v) is 2.58. The fraction of sp³-hybridized carbons (Fsp3) is 0.0769. The third-order valence-electron chi connectivity index (χ3n) is 2.92. The second-order valence-corrected chi connectivity index (χ2v) is 5.41. The highest BCUT2D eigenvalue weighted by molar-refractivity contribution is 8.27. The van der Waals surface area contributed by atoms with Gasteiger partial charge in [-0.05, 0) is 30.3 Å². The molecule has 0 radical (unpaired) electrons. The largest absolute Gasteiger partial charge is 0.299 e. The van der Waals surface area contributed by atoms with Gasteiger partial charge < -0.3 is 0 Å². The molecule has 0 aromatic heterocycles. The molecule has 0 atom stereocenters. The van der Waals surface area contributed by atoms with Crippen LogP contribution in [0.4, 0.5) is 5.69 Å². The highest BCUT2D eigenvalue weighted by atomic mass is 32.2. The van der Waals surface area contributed by atoms with Gasteiger partial charge in [0.25, 0.3) is 11.6 Å². The Morgan fingerprint density at radius 2 is 2.14 bits per heavy atom. The zero-order valence-electron chi connectivity index (χ0n) is 11.2. The van der Waals surface area contributed by atoms with Crippen LogP contribution in [0.2, 0.25) is 0 Å². The first kappa shape index (κ1) is 14.1. The number of rotatable bonds is 2. The van der Waals surface area contributed by atoms with Crippen molar-refractivity contribution in [2.75, 3.05) is 0 Å². The number of hydrazone groups is 1. The van der Waals surface area contributed by atoms with Crippen LogP contribution in [0.3, 0.4) is 0 Å². The van der Waals surface area contributed by atoms with E-state index in [1.54, 1.807) is 6.07 Å². The number of carbonyl (C=O) groups is 2. The molecule has 0 N–H and O–H groups in total. The minimum Gasteiger partial charge on any atom is -0.280 e. The van der Waals surface area contributed by atoms with E-state index in [-0.39, 0.29) is 27.4 Å². The summed E-state index contributed by atoms with van der Waals surface area (Å²) in [6.07, 6.45) is 1.43. The number of nitro groups is 1. The maximum Gasteiger partial charge on any atom is 0.299 e. The summed E-state index contributed by atoms with van der Waals surface area (Å²) in [5.41, 5.74) is 0.686. The van der Waals surface area contributed by atoms with Crippen LogP contribution in [-0.2, 0) is 9.59 Å². The minimum atomic E-state index is -0.518. The van der Waals surface area contributed by atoms with E-state index < -0.39 is 10.8 Å². The van der Waals surface area contributed by atoms with Gasteiger partial charge in [-0.15, -0.1) is 0 Å². The molecule has 2 aliphatic rings. The average molecular weight is 316 g/mol. The maximum atomic E-state index is 12.2. The van der Waals surface area contributed by atoms with Crippen molar-refractivity contribution in [3.8, 4) is 0 Å². The molecule has 0 unspecified atom stereocenters. The zero-order chi connectivity index (χ0) is 15.9. The van der Waals surface area contributed by atoms with Crippen molar-refractivity contribution in [3.05, 3.63) is 45.6 Å². The maximum absolute atomic E-state index is 12.2. The lowest BCUT2D eigenvalue weighted by Crippen LogP contribution is -2.32. The Morgan fingerprint density at radius 3 is 2.86 bits per heavy atom. The van der Waals surface area contributed by atoms with E-state index in [0.29, 0.717) is 5.56 Å². The number of carbonyl (C=O) groups excluding carboxylic acids is 2. The summed E-state index contributed by atoms with van der Waals surface area (Å²) in [6, 6.07) is 5.84. The Hall–Kier alpha value is -2.81. The standard InChI is InChI=1S/C13H8N4O4S/c1-7-12(19)22-13-14-10(11(18)16(13)15-7)6-8-3-2-4-9(5-8)17(20)21/h2-6H,1H3/b10-6+. The number of amides is 1. The summed E-state index contributed by atoms with van der Waals surface area (Å²) < 4.78 is 0. The fourth-order valence-electron chi connectivity index (χ4n) is 1.88. The molecule has 1 aromatic rings. The van der Waals surface area contributed by atoms with Gasteiger partial charge in [-0.1, -0.05) is 12.1 Å². The van der Waals surface area contributed by atoms with Crippen molar-refractivity contribution in [2.45, 2.75) is 6.92 Å². The molecular formula is C13H8N4O4S. The first-order valence-electron chi connectivity index (χ1n) is 6.12. The topological polar surface area (TPSA) is 105 Å². The van der Waals surface area contributed by atoms with Crippen molar-refractivity contribution >= 4 is 45.4 Å². The molecule has 9 heteroatoms. The lowest BCUT2D eigenvalue weighted by atomic mass is 10.1. The SMILES string of the molecule is CC1=NN2C(=O)/C(=C\c3cccc([N+](=O)[O-])c3)N=C2SC1=O. The van der Waals surface area contributed by atoms with Gasteiger partial charge in [-0.25, -0.2) is 4.99 Å². The molecule has 0 spiro atoms. The number of thioether (sulfide) groups is 1. The van der Waals surface area contributed by atoms with Crippen molar-refractivity contribution in [1.29, 1.82) is 0 Å². The Labute approximate surface area is 128 Å². The second kappa shape index (κ2) is 5.19. The molecule has 1 aromatic carbocycles. The summed E-state index contributed by atoms with van der Waals surface area (Å²) in [6.45, 7) is 1.52. The van der Waals surface area contributed by atoms with Gasteiger partial charge in [-0.3, -0.25) is 19.7 Å². The van der Waals surface area contributed by atoms with Crippen LogP contribution >= 0.6 is 11.8 Å². The van der Waals surface area contributed by atoms with E-state index in [4.69, 9.17) is 0 Å². The van der Waals surface area contributed by atoms with Crippen LogP contribution in [0, 0.1) is 10.1 Å². The third kappa shape index (κ3) is 2.42. The van der Waals surface area contributed by atoms with E-state index in [2.05, 4.69) is 10.1 Å². The lowest BCUT2D eigenvalue weighted by Gasteiger charge is -2.15. The monoisotopic (exact) mass is 316 g/mol. The van der Waals surface area contributed by atoms with Gasteiger partial charge in [0, 0.05) is 12.1 Å². The Kier molecular flexibility index (Phi) is 3.33.